The molecule has 1 aliphatic rings. The minimum Gasteiger partial charge on any atom is -0.386 e. The van der Waals surface area contributed by atoms with Crippen LogP contribution >= 0.6 is 11.6 Å². The predicted molar refractivity (Wildman–Crippen MR) is 120 cm³/mol. The minimum absolute atomic E-state index is 0.0260. The molecule has 9 heteroatoms. The standard InChI is InChI=1S/C22H27ClN6O2/c1-15-10-20(25-14-24-15)29-9-3-8-22(31,13-29)12-28(2)21(30)7-6-19-26-17-5-4-16(23)11-18(17)27-19/h4-5,10-11,14,31H,3,6-9,12-13H2,1-2H3,(H,26,27)/t22-/m1/s1. The van der Waals surface area contributed by atoms with Gasteiger partial charge in [0.25, 0.3) is 0 Å². The number of nitrogens with zero attached hydrogens (tertiary/aromatic N) is 5. The number of rotatable bonds is 6. The summed E-state index contributed by atoms with van der Waals surface area (Å²) in [5.74, 6) is 1.53. The van der Waals surface area contributed by atoms with Gasteiger partial charge in [0, 0.05) is 49.8 Å². The number of piperidine rings is 1. The summed E-state index contributed by atoms with van der Waals surface area (Å²) in [4.78, 5) is 32.6. The zero-order chi connectivity index (χ0) is 22.0. The van der Waals surface area contributed by atoms with E-state index in [1.807, 2.05) is 25.1 Å². The maximum absolute atomic E-state index is 12.7. The second-order valence-corrected chi connectivity index (χ2v) is 8.80. The molecule has 0 saturated carbocycles. The molecule has 2 N–H and O–H groups in total. The van der Waals surface area contributed by atoms with E-state index < -0.39 is 5.60 Å². The molecule has 1 amide bonds. The molecule has 4 rings (SSSR count). The van der Waals surface area contributed by atoms with Crippen LogP contribution in [0.15, 0.2) is 30.6 Å². The van der Waals surface area contributed by atoms with E-state index in [1.54, 1.807) is 24.3 Å². The van der Waals surface area contributed by atoms with Gasteiger partial charge in [-0.25, -0.2) is 15.0 Å². The number of likely N-dealkylation sites (N-methyl/N-ethyl adjacent to an activating group) is 1. The highest BCUT2D eigenvalue weighted by Gasteiger charge is 2.36. The van der Waals surface area contributed by atoms with Crippen LogP contribution in [-0.2, 0) is 11.2 Å². The van der Waals surface area contributed by atoms with E-state index in [-0.39, 0.29) is 12.5 Å². The SMILES string of the molecule is Cc1cc(N2CCC[C@@](O)(CN(C)C(=O)CCc3nc4ccc(Cl)cc4[nH]3)C2)ncn1. The van der Waals surface area contributed by atoms with E-state index in [2.05, 4.69) is 24.8 Å². The molecule has 0 radical (unpaired) electrons. The van der Waals surface area contributed by atoms with Crippen molar-refractivity contribution in [2.24, 2.45) is 0 Å². The van der Waals surface area contributed by atoms with Gasteiger partial charge in [-0.1, -0.05) is 11.6 Å². The smallest absolute Gasteiger partial charge is 0.222 e. The van der Waals surface area contributed by atoms with Gasteiger partial charge in [-0.3, -0.25) is 4.79 Å². The Labute approximate surface area is 186 Å². The second-order valence-electron chi connectivity index (χ2n) is 8.36. The van der Waals surface area contributed by atoms with Gasteiger partial charge in [0.05, 0.1) is 23.2 Å². The summed E-state index contributed by atoms with van der Waals surface area (Å²) in [5.41, 5.74) is 1.60. The van der Waals surface area contributed by atoms with Crippen LogP contribution in [0.2, 0.25) is 5.02 Å². The zero-order valence-corrected chi connectivity index (χ0v) is 18.6. The van der Waals surface area contributed by atoms with Crippen molar-refractivity contribution >= 4 is 34.4 Å². The molecule has 0 spiro atoms. The van der Waals surface area contributed by atoms with Gasteiger partial charge in [0.1, 0.15) is 18.0 Å². The van der Waals surface area contributed by atoms with Crippen molar-refractivity contribution in [3.8, 4) is 0 Å². The number of benzene rings is 1. The number of carbonyl (C=O) groups excluding carboxylic acids is 1. The summed E-state index contributed by atoms with van der Waals surface area (Å²) < 4.78 is 0. The average Bonchev–Trinajstić information content (AvgIpc) is 3.13. The Morgan fingerprint density at radius 2 is 2.19 bits per heavy atom. The Kier molecular flexibility index (Phi) is 6.11. The first-order valence-electron chi connectivity index (χ1n) is 10.5. The van der Waals surface area contributed by atoms with Crippen molar-refractivity contribution in [3.05, 3.63) is 47.1 Å². The van der Waals surface area contributed by atoms with Crippen LogP contribution in [0, 0.1) is 6.92 Å². The van der Waals surface area contributed by atoms with Crippen LogP contribution in [-0.4, -0.2) is 68.1 Å². The van der Waals surface area contributed by atoms with Gasteiger partial charge < -0.3 is 19.9 Å². The molecule has 0 bridgehead atoms. The normalized spacial score (nSPS) is 19.0. The number of aryl methyl sites for hydroxylation is 2. The molecule has 1 saturated heterocycles. The van der Waals surface area contributed by atoms with Crippen LogP contribution in [0.5, 0.6) is 0 Å². The predicted octanol–water partition coefficient (Wildman–Crippen LogP) is 2.74. The third-order valence-electron chi connectivity index (χ3n) is 5.69. The van der Waals surface area contributed by atoms with E-state index in [0.717, 1.165) is 41.3 Å². The summed E-state index contributed by atoms with van der Waals surface area (Å²) in [6, 6.07) is 7.39. The summed E-state index contributed by atoms with van der Waals surface area (Å²) in [5, 5.41) is 11.8. The van der Waals surface area contributed by atoms with Crippen LogP contribution in [0.3, 0.4) is 0 Å². The van der Waals surface area contributed by atoms with Gasteiger partial charge in [0.2, 0.25) is 5.91 Å². The van der Waals surface area contributed by atoms with Gasteiger partial charge in [-0.05, 0) is 38.0 Å². The summed E-state index contributed by atoms with van der Waals surface area (Å²) in [6.45, 7) is 3.46. The number of anilines is 1. The first-order chi connectivity index (χ1) is 14.8. The molecule has 8 nitrogen and oxygen atoms in total. The Bertz CT molecular complexity index is 1090. The molecule has 1 fully saturated rings. The van der Waals surface area contributed by atoms with Crippen molar-refractivity contribution in [3.63, 3.8) is 0 Å². The molecule has 1 aromatic carbocycles. The zero-order valence-electron chi connectivity index (χ0n) is 17.8. The maximum atomic E-state index is 12.7. The third kappa shape index (κ3) is 5.14. The van der Waals surface area contributed by atoms with E-state index in [0.29, 0.717) is 30.8 Å². The van der Waals surface area contributed by atoms with E-state index in [1.165, 1.54) is 0 Å². The first-order valence-corrected chi connectivity index (χ1v) is 10.8. The van der Waals surface area contributed by atoms with E-state index in [4.69, 9.17) is 11.6 Å². The van der Waals surface area contributed by atoms with Crippen LogP contribution in [0.1, 0.15) is 30.8 Å². The first kappa shape index (κ1) is 21.5. The lowest BCUT2D eigenvalue weighted by Gasteiger charge is -2.41. The number of H-pyrrole nitrogens is 1. The Balaban J connectivity index is 1.34. The topological polar surface area (TPSA) is 98.2 Å². The van der Waals surface area contributed by atoms with E-state index in [9.17, 15) is 9.90 Å². The van der Waals surface area contributed by atoms with Crippen LogP contribution in [0.4, 0.5) is 5.82 Å². The number of hydrogen-bond donors (Lipinski definition) is 2. The molecule has 3 heterocycles. The number of nitrogens with one attached hydrogen (secondary N) is 1. The fourth-order valence-electron chi connectivity index (χ4n) is 4.15. The number of hydrogen-bond acceptors (Lipinski definition) is 6. The van der Waals surface area contributed by atoms with Crippen molar-refractivity contribution in [1.29, 1.82) is 0 Å². The number of carbonyl (C=O) groups is 1. The number of aromatic nitrogens is 4. The molecule has 0 aliphatic carbocycles. The number of aromatic amines is 1. The molecule has 3 aromatic rings. The number of amides is 1. The number of halogens is 1. The monoisotopic (exact) mass is 442 g/mol. The summed E-state index contributed by atoms with van der Waals surface area (Å²) >= 11 is 6.02. The van der Waals surface area contributed by atoms with Crippen molar-refractivity contribution in [1.82, 2.24) is 24.8 Å². The Hall–Kier alpha value is -2.71. The van der Waals surface area contributed by atoms with Gasteiger partial charge in [0.15, 0.2) is 0 Å². The highest BCUT2D eigenvalue weighted by atomic mass is 35.5. The fraction of sp³-hybridized carbons (Fsp3) is 0.455. The molecular weight excluding hydrogens is 416 g/mol. The highest BCUT2D eigenvalue weighted by molar-refractivity contribution is 6.31. The lowest BCUT2D eigenvalue weighted by Crippen LogP contribution is -2.55. The number of aliphatic hydroxyl groups is 1. The summed E-state index contributed by atoms with van der Waals surface area (Å²) in [6.07, 6.45) is 3.84. The van der Waals surface area contributed by atoms with Gasteiger partial charge >= 0.3 is 0 Å². The van der Waals surface area contributed by atoms with Crippen molar-refractivity contribution < 1.29 is 9.90 Å². The van der Waals surface area contributed by atoms with Crippen LogP contribution in [0.25, 0.3) is 11.0 Å². The Morgan fingerprint density at radius 3 is 3.00 bits per heavy atom. The van der Waals surface area contributed by atoms with Crippen molar-refractivity contribution in [2.45, 2.75) is 38.2 Å². The number of imidazole rings is 1. The molecule has 1 aliphatic heterocycles. The fourth-order valence-corrected chi connectivity index (χ4v) is 4.32. The molecule has 0 unspecified atom stereocenters. The molecular formula is C22H27ClN6O2. The second kappa shape index (κ2) is 8.80. The highest BCUT2D eigenvalue weighted by Crippen LogP contribution is 2.26. The molecule has 31 heavy (non-hydrogen) atoms. The largest absolute Gasteiger partial charge is 0.386 e. The molecule has 164 valence electrons. The molecule has 1 atom stereocenters. The average molecular weight is 443 g/mol. The van der Waals surface area contributed by atoms with Crippen LogP contribution < -0.4 is 4.90 Å². The lowest BCUT2D eigenvalue weighted by molar-refractivity contribution is -0.133. The minimum atomic E-state index is -0.975. The lowest BCUT2D eigenvalue weighted by atomic mass is 9.92. The van der Waals surface area contributed by atoms with Gasteiger partial charge in [-0.15, -0.1) is 0 Å². The quantitative estimate of drug-likeness (QED) is 0.609. The Morgan fingerprint density at radius 1 is 1.35 bits per heavy atom. The number of fused-ring (bicyclic) bond motifs is 1. The van der Waals surface area contributed by atoms with Gasteiger partial charge in [-0.2, -0.15) is 0 Å². The summed E-state index contributed by atoms with van der Waals surface area (Å²) in [7, 11) is 1.74. The molecule has 2 aromatic heterocycles. The van der Waals surface area contributed by atoms with E-state index >= 15 is 0 Å². The number of β-amino-alcohol motifs (C(OH)–C–C–N with tert-alkyl or cyclic N) is 1. The maximum Gasteiger partial charge on any atom is 0.222 e. The third-order valence-corrected chi connectivity index (χ3v) is 5.93. The van der Waals surface area contributed by atoms with Crippen molar-refractivity contribution in [2.75, 3.05) is 31.6 Å².